The summed E-state index contributed by atoms with van der Waals surface area (Å²) < 4.78 is 51.4. The topological polar surface area (TPSA) is 52.6 Å². The Morgan fingerprint density at radius 3 is 2.17 bits per heavy atom. The van der Waals surface area contributed by atoms with Gasteiger partial charge in [-0.2, -0.15) is 13.2 Å². The Morgan fingerprint density at radius 1 is 0.861 bits per heavy atom. The highest BCUT2D eigenvalue weighted by atomic mass is 79.9. The summed E-state index contributed by atoms with van der Waals surface area (Å²) in [6.45, 7) is 0.104. The lowest BCUT2D eigenvalue weighted by Crippen LogP contribution is -2.41. The van der Waals surface area contributed by atoms with Crippen LogP contribution in [0.1, 0.15) is 62.0 Å². The van der Waals surface area contributed by atoms with Gasteiger partial charge in [0.1, 0.15) is 12.7 Å². The standard InChI is InChI=1S/C28H30BrF3O4/c29-21-13-9-19(10-14-21)23-7-4-8-24(25(23)27(34)35-17-18-5-2-1-3-6-18)26(33)36-22-15-11-20(12-16-22)28(30,31)32/h1-3,5-6,9-10,13-14,20,22-25H,4,7-8,11-12,15-17H2/t20?,22?,23-,24-,25-/m1/s1. The molecule has 2 aliphatic carbocycles. The first-order chi connectivity index (χ1) is 17.2. The van der Waals surface area contributed by atoms with Gasteiger partial charge in [0.15, 0.2) is 0 Å². The Hall–Kier alpha value is -2.35. The van der Waals surface area contributed by atoms with Crippen molar-refractivity contribution in [2.24, 2.45) is 17.8 Å². The Labute approximate surface area is 217 Å². The molecule has 0 radical (unpaired) electrons. The summed E-state index contributed by atoms with van der Waals surface area (Å²) in [5.41, 5.74) is 1.80. The molecule has 0 aliphatic heterocycles. The van der Waals surface area contributed by atoms with Crippen molar-refractivity contribution in [3.8, 4) is 0 Å². The van der Waals surface area contributed by atoms with Gasteiger partial charge in [-0.3, -0.25) is 9.59 Å². The fourth-order valence-electron chi connectivity index (χ4n) is 5.46. The minimum Gasteiger partial charge on any atom is -0.462 e. The van der Waals surface area contributed by atoms with E-state index < -0.39 is 42.0 Å². The summed E-state index contributed by atoms with van der Waals surface area (Å²) in [5, 5.41) is 0. The summed E-state index contributed by atoms with van der Waals surface area (Å²) in [7, 11) is 0. The smallest absolute Gasteiger partial charge is 0.391 e. The molecule has 8 heteroatoms. The van der Waals surface area contributed by atoms with Crippen LogP contribution in [0, 0.1) is 17.8 Å². The molecule has 0 heterocycles. The molecule has 3 atom stereocenters. The van der Waals surface area contributed by atoms with Crippen molar-refractivity contribution in [2.75, 3.05) is 0 Å². The van der Waals surface area contributed by atoms with E-state index in [1.165, 1.54) is 0 Å². The van der Waals surface area contributed by atoms with Crippen LogP contribution in [0.5, 0.6) is 0 Å². The molecule has 0 aromatic heterocycles. The molecule has 0 amide bonds. The minimum absolute atomic E-state index is 0.0455. The van der Waals surface area contributed by atoms with Crippen LogP contribution in [0.25, 0.3) is 0 Å². The van der Waals surface area contributed by atoms with Gasteiger partial charge in [0.25, 0.3) is 0 Å². The fraction of sp³-hybridized carbons (Fsp3) is 0.500. The van der Waals surface area contributed by atoms with E-state index in [-0.39, 0.29) is 38.2 Å². The van der Waals surface area contributed by atoms with E-state index in [9.17, 15) is 22.8 Å². The first kappa shape index (κ1) is 26.7. The molecule has 36 heavy (non-hydrogen) atoms. The third kappa shape index (κ3) is 6.69. The second kappa shape index (κ2) is 11.8. The summed E-state index contributed by atoms with van der Waals surface area (Å²) in [6.07, 6.45) is -2.54. The summed E-state index contributed by atoms with van der Waals surface area (Å²) in [5.74, 6) is -3.93. The van der Waals surface area contributed by atoms with Crippen molar-refractivity contribution >= 4 is 27.9 Å². The molecule has 0 bridgehead atoms. The van der Waals surface area contributed by atoms with Crippen LogP contribution >= 0.6 is 15.9 Å². The van der Waals surface area contributed by atoms with E-state index in [1.807, 2.05) is 54.6 Å². The first-order valence-electron chi connectivity index (χ1n) is 12.5. The Balaban J connectivity index is 1.49. The maximum Gasteiger partial charge on any atom is 0.391 e. The van der Waals surface area contributed by atoms with Crippen molar-refractivity contribution in [3.05, 3.63) is 70.2 Å². The van der Waals surface area contributed by atoms with Gasteiger partial charge in [-0.05, 0) is 67.7 Å². The molecule has 4 nitrogen and oxygen atoms in total. The predicted octanol–water partition coefficient (Wildman–Crippen LogP) is 7.36. The van der Waals surface area contributed by atoms with Gasteiger partial charge in [0, 0.05) is 4.47 Å². The highest BCUT2D eigenvalue weighted by Crippen LogP contribution is 2.44. The molecule has 0 saturated heterocycles. The lowest BCUT2D eigenvalue weighted by molar-refractivity contribution is -0.190. The van der Waals surface area contributed by atoms with Crippen LogP contribution in [0.2, 0.25) is 0 Å². The van der Waals surface area contributed by atoms with E-state index in [2.05, 4.69) is 15.9 Å². The highest BCUT2D eigenvalue weighted by molar-refractivity contribution is 9.10. The Morgan fingerprint density at radius 2 is 1.53 bits per heavy atom. The maximum atomic E-state index is 13.4. The molecule has 0 N–H and O–H groups in total. The number of carbonyl (C=O) groups excluding carboxylic acids is 2. The predicted molar refractivity (Wildman–Crippen MR) is 132 cm³/mol. The molecule has 2 aliphatic rings. The molecule has 0 spiro atoms. The molecule has 2 saturated carbocycles. The summed E-state index contributed by atoms with van der Waals surface area (Å²) in [6, 6.07) is 17.0. The third-order valence-corrected chi connectivity index (χ3v) is 7.94. The first-order valence-corrected chi connectivity index (χ1v) is 13.2. The van der Waals surface area contributed by atoms with Crippen LogP contribution in [-0.2, 0) is 25.7 Å². The van der Waals surface area contributed by atoms with Gasteiger partial charge in [-0.25, -0.2) is 0 Å². The van der Waals surface area contributed by atoms with Crippen LogP contribution < -0.4 is 0 Å². The average Bonchev–Trinajstić information content (AvgIpc) is 2.87. The zero-order chi connectivity index (χ0) is 25.7. The molecule has 194 valence electrons. The van der Waals surface area contributed by atoms with E-state index in [1.54, 1.807) is 0 Å². The van der Waals surface area contributed by atoms with Crippen molar-refractivity contribution in [3.63, 3.8) is 0 Å². The fourth-order valence-corrected chi connectivity index (χ4v) is 5.72. The molecular weight excluding hydrogens is 537 g/mol. The quantitative estimate of drug-likeness (QED) is 0.343. The number of halogens is 4. The Kier molecular flexibility index (Phi) is 8.75. The van der Waals surface area contributed by atoms with Crippen molar-refractivity contribution in [2.45, 2.75) is 69.8 Å². The van der Waals surface area contributed by atoms with Crippen molar-refractivity contribution < 1.29 is 32.2 Å². The lowest BCUT2D eigenvalue weighted by Gasteiger charge is -2.37. The number of hydrogen-bond donors (Lipinski definition) is 0. The number of hydrogen-bond acceptors (Lipinski definition) is 4. The molecule has 2 aromatic carbocycles. The maximum absolute atomic E-state index is 13.4. The summed E-state index contributed by atoms with van der Waals surface area (Å²) in [4.78, 5) is 26.7. The zero-order valence-electron chi connectivity index (χ0n) is 19.9. The second-order valence-electron chi connectivity index (χ2n) is 9.77. The second-order valence-corrected chi connectivity index (χ2v) is 10.7. The van der Waals surface area contributed by atoms with Crippen LogP contribution in [0.3, 0.4) is 0 Å². The van der Waals surface area contributed by atoms with Gasteiger partial charge >= 0.3 is 18.1 Å². The number of rotatable bonds is 6. The third-order valence-electron chi connectivity index (χ3n) is 7.41. The Bertz CT molecular complexity index is 1020. The number of ether oxygens (including phenoxy) is 2. The van der Waals surface area contributed by atoms with Gasteiger partial charge in [-0.15, -0.1) is 0 Å². The number of esters is 2. The van der Waals surface area contributed by atoms with Gasteiger partial charge in [-0.1, -0.05) is 64.8 Å². The largest absolute Gasteiger partial charge is 0.462 e. The van der Waals surface area contributed by atoms with E-state index >= 15 is 0 Å². The van der Waals surface area contributed by atoms with Gasteiger partial charge in [0.2, 0.25) is 0 Å². The van der Waals surface area contributed by atoms with Crippen molar-refractivity contribution in [1.82, 2.24) is 0 Å². The average molecular weight is 567 g/mol. The number of benzene rings is 2. The van der Waals surface area contributed by atoms with E-state index in [0.717, 1.165) is 28.4 Å². The van der Waals surface area contributed by atoms with E-state index in [4.69, 9.17) is 9.47 Å². The van der Waals surface area contributed by atoms with Crippen molar-refractivity contribution in [1.29, 1.82) is 0 Å². The molecule has 0 unspecified atom stereocenters. The summed E-state index contributed by atoms with van der Waals surface area (Å²) >= 11 is 3.43. The minimum atomic E-state index is -4.22. The molecule has 2 aromatic rings. The van der Waals surface area contributed by atoms with E-state index in [0.29, 0.717) is 6.42 Å². The highest BCUT2D eigenvalue weighted by Gasteiger charge is 2.46. The zero-order valence-corrected chi connectivity index (χ0v) is 21.5. The molecule has 4 rings (SSSR count). The lowest BCUT2D eigenvalue weighted by atomic mass is 9.69. The van der Waals surface area contributed by atoms with Crippen LogP contribution in [0.4, 0.5) is 13.2 Å². The molecule has 2 fully saturated rings. The van der Waals surface area contributed by atoms with Gasteiger partial charge in [0.05, 0.1) is 17.8 Å². The monoisotopic (exact) mass is 566 g/mol. The number of carbonyl (C=O) groups is 2. The van der Waals surface area contributed by atoms with Gasteiger partial charge < -0.3 is 9.47 Å². The SMILES string of the molecule is O=C(OCc1ccccc1)[C@@H]1[C@@H](c2ccc(Br)cc2)CCC[C@H]1C(=O)OC1CCC(C(F)(F)F)CC1. The van der Waals surface area contributed by atoms with Crippen LogP contribution in [-0.4, -0.2) is 24.2 Å². The number of alkyl halides is 3. The van der Waals surface area contributed by atoms with Crippen LogP contribution in [0.15, 0.2) is 59.1 Å². The normalized spacial score (nSPS) is 26.7. The molecular formula is C28H30BrF3O4.